The highest BCUT2D eigenvalue weighted by Gasteiger charge is 2.17. The molecule has 5 heteroatoms. The molecule has 1 aliphatic heterocycles. The van der Waals surface area contributed by atoms with Crippen molar-refractivity contribution in [1.82, 2.24) is 4.57 Å². The number of ether oxygens (including phenoxy) is 1. The van der Waals surface area contributed by atoms with Gasteiger partial charge in [-0.1, -0.05) is 27.3 Å². The second kappa shape index (κ2) is 4.31. The second-order valence-corrected chi connectivity index (χ2v) is 5.72. The van der Waals surface area contributed by atoms with E-state index >= 15 is 0 Å². The number of hydrogen-bond donors (Lipinski definition) is 0. The lowest BCUT2D eigenvalue weighted by atomic mass is 10.1. The number of thiazole rings is 1. The second-order valence-electron chi connectivity index (χ2n) is 3.95. The molecule has 0 N–H and O–H groups in total. The van der Waals surface area contributed by atoms with E-state index in [4.69, 9.17) is 4.74 Å². The molecule has 2 aromatic rings. The average molecular weight is 312 g/mol. The predicted molar refractivity (Wildman–Crippen MR) is 71.0 cm³/mol. The van der Waals surface area contributed by atoms with E-state index in [-0.39, 0.29) is 4.87 Å². The molecule has 3 rings (SSSR count). The lowest BCUT2D eigenvalue weighted by Gasteiger charge is -2.09. The van der Waals surface area contributed by atoms with Crippen LogP contribution in [0.1, 0.15) is 11.1 Å². The Labute approximate surface area is 111 Å². The molecule has 0 saturated carbocycles. The standard InChI is InChI=1S/C12H10BrNO2S/c13-10-5-8-1-3-16-11(8)9(6-10)7-14-2-4-17-12(14)15/h2,4-6H,1,3,7H2. The maximum atomic E-state index is 11.5. The Morgan fingerprint density at radius 2 is 2.35 bits per heavy atom. The summed E-state index contributed by atoms with van der Waals surface area (Å²) >= 11 is 4.71. The zero-order chi connectivity index (χ0) is 11.8. The van der Waals surface area contributed by atoms with Crippen molar-refractivity contribution in [2.75, 3.05) is 6.61 Å². The van der Waals surface area contributed by atoms with E-state index in [1.807, 2.05) is 12.3 Å². The summed E-state index contributed by atoms with van der Waals surface area (Å²) in [6.45, 7) is 1.31. The maximum Gasteiger partial charge on any atom is 0.307 e. The quantitative estimate of drug-likeness (QED) is 0.854. The van der Waals surface area contributed by atoms with Gasteiger partial charge in [-0.2, -0.15) is 0 Å². The molecule has 1 aromatic carbocycles. The van der Waals surface area contributed by atoms with Crippen LogP contribution >= 0.6 is 27.3 Å². The fourth-order valence-corrected chi connectivity index (χ4v) is 3.19. The van der Waals surface area contributed by atoms with Gasteiger partial charge in [-0.3, -0.25) is 4.79 Å². The highest BCUT2D eigenvalue weighted by molar-refractivity contribution is 9.10. The van der Waals surface area contributed by atoms with Crippen LogP contribution in [0.2, 0.25) is 0 Å². The number of aromatic nitrogens is 1. The van der Waals surface area contributed by atoms with Gasteiger partial charge in [0.05, 0.1) is 13.2 Å². The number of halogens is 1. The summed E-state index contributed by atoms with van der Waals surface area (Å²) in [7, 11) is 0. The van der Waals surface area contributed by atoms with Crippen molar-refractivity contribution in [2.24, 2.45) is 0 Å². The van der Waals surface area contributed by atoms with E-state index in [1.54, 1.807) is 9.95 Å². The Balaban J connectivity index is 2.04. The third-order valence-corrected chi connectivity index (χ3v) is 3.96. The first kappa shape index (κ1) is 11.0. The van der Waals surface area contributed by atoms with E-state index in [2.05, 4.69) is 22.0 Å². The van der Waals surface area contributed by atoms with Crippen LogP contribution in [-0.4, -0.2) is 11.2 Å². The molecule has 0 unspecified atom stereocenters. The van der Waals surface area contributed by atoms with Gasteiger partial charge in [0.25, 0.3) is 0 Å². The average Bonchev–Trinajstić information content (AvgIpc) is 2.88. The van der Waals surface area contributed by atoms with Crippen LogP contribution in [0.3, 0.4) is 0 Å². The molecule has 0 bridgehead atoms. The molecular formula is C12H10BrNO2S. The van der Waals surface area contributed by atoms with Crippen molar-refractivity contribution < 1.29 is 4.74 Å². The van der Waals surface area contributed by atoms with Gasteiger partial charge in [0, 0.05) is 28.0 Å². The van der Waals surface area contributed by atoms with E-state index in [0.29, 0.717) is 6.54 Å². The highest BCUT2D eigenvalue weighted by atomic mass is 79.9. The predicted octanol–water partition coefficient (Wildman–Crippen LogP) is 2.66. The molecule has 0 radical (unpaired) electrons. The Hall–Kier alpha value is -1.07. The number of rotatable bonds is 2. The summed E-state index contributed by atoms with van der Waals surface area (Å²) in [6, 6.07) is 4.11. The molecule has 3 nitrogen and oxygen atoms in total. The summed E-state index contributed by atoms with van der Waals surface area (Å²) in [6.07, 6.45) is 2.76. The minimum absolute atomic E-state index is 0.0664. The van der Waals surface area contributed by atoms with Crippen LogP contribution in [0.5, 0.6) is 5.75 Å². The van der Waals surface area contributed by atoms with Crippen LogP contribution in [0.25, 0.3) is 0 Å². The summed E-state index contributed by atoms with van der Waals surface area (Å²) < 4.78 is 8.38. The Bertz CT molecular complexity index is 617. The number of benzene rings is 1. The zero-order valence-corrected chi connectivity index (χ0v) is 11.4. The maximum absolute atomic E-state index is 11.5. The summed E-state index contributed by atoms with van der Waals surface area (Å²) in [5.41, 5.74) is 2.28. The van der Waals surface area contributed by atoms with Gasteiger partial charge < -0.3 is 9.30 Å². The first-order valence-corrected chi connectivity index (χ1v) is 6.99. The van der Waals surface area contributed by atoms with Crippen molar-refractivity contribution in [1.29, 1.82) is 0 Å². The summed E-state index contributed by atoms with van der Waals surface area (Å²) in [5.74, 6) is 0.950. The SMILES string of the molecule is O=c1sccn1Cc1cc(Br)cc2c1OCC2. The summed E-state index contributed by atoms with van der Waals surface area (Å²) in [4.78, 5) is 11.6. The molecular weight excluding hydrogens is 302 g/mol. The van der Waals surface area contributed by atoms with Gasteiger partial charge in [-0.25, -0.2) is 0 Å². The minimum atomic E-state index is 0.0664. The largest absolute Gasteiger partial charge is 0.493 e. The van der Waals surface area contributed by atoms with Crippen molar-refractivity contribution >= 4 is 27.3 Å². The zero-order valence-electron chi connectivity index (χ0n) is 8.98. The van der Waals surface area contributed by atoms with E-state index in [1.165, 1.54) is 16.9 Å². The van der Waals surface area contributed by atoms with E-state index < -0.39 is 0 Å². The van der Waals surface area contributed by atoms with Gasteiger partial charge >= 0.3 is 4.87 Å². The van der Waals surface area contributed by atoms with E-state index in [9.17, 15) is 4.79 Å². The molecule has 1 aliphatic rings. The molecule has 88 valence electrons. The number of nitrogens with zero attached hydrogens (tertiary/aromatic N) is 1. The molecule has 0 spiro atoms. The third kappa shape index (κ3) is 2.05. The molecule has 0 aliphatic carbocycles. The Morgan fingerprint density at radius 1 is 1.47 bits per heavy atom. The fraction of sp³-hybridized carbons (Fsp3) is 0.250. The van der Waals surface area contributed by atoms with Crippen LogP contribution in [-0.2, 0) is 13.0 Å². The molecule has 0 fully saturated rings. The Kier molecular flexibility index (Phi) is 2.80. The molecule has 2 heterocycles. The molecule has 17 heavy (non-hydrogen) atoms. The lowest BCUT2D eigenvalue weighted by molar-refractivity contribution is 0.352. The lowest BCUT2D eigenvalue weighted by Crippen LogP contribution is -2.13. The van der Waals surface area contributed by atoms with Crippen molar-refractivity contribution in [3.05, 3.63) is 49.0 Å². The normalized spacial score (nSPS) is 13.5. The van der Waals surface area contributed by atoms with Crippen LogP contribution in [0.15, 0.2) is 33.0 Å². The van der Waals surface area contributed by atoms with Crippen LogP contribution < -0.4 is 9.61 Å². The Morgan fingerprint density at radius 3 is 3.12 bits per heavy atom. The smallest absolute Gasteiger partial charge is 0.307 e. The monoisotopic (exact) mass is 311 g/mol. The summed E-state index contributed by atoms with van der Waals surface area (Å²) in [5, 5.41) is 1.81. The van der Waals surface area contributed by atoms with Crippen LogP contribution in [0.4, 0.5) is 0 Å². The molecule has 0 amide bonds. The molecule has 0 saturated heterocycles. The third-order valence-electron chi connectivity index (χ3n) is 2.81. The topological polar surface area (TPSA) is 31.2 Å². The van der Waals surface area contributed by atoms with Gasteiger partial charge in [0.1, 0.15) is 5.75 Å². The van der Waals surface area contributed by atoms with Gasteiger partial charge in [0.15, 0.2) is 0 Å². The fourth-order valence-electron chi connectivity index (χ4n) is 2.05. The van der Waals surface area contributed by atoms with Crippen molar-refractivity contribution in [3.63, 3.8) is 0 Å². The van der Waals surface area contributed by atoms with Gasteiger partial charge in [0.2, 0.25) is 0 Å². The van der Waals surface area contributed by atoms with Gasteiger partial charge in [-0.05, 0) is 17.7 Å². The first-order chi connectivity index (χ1) is 8.24. The molecule has 1 aromatic heterocycles. The minimum Gasteiger partial charge on any atom is -0.493 e. The molecule has 0 atom stereocenters. The number of hydrogen-bond acceptors (Lipinski definition) is 3. The number of fused-ring (bicyclic) bond motifs is 1. The van der Waals surface area contributed by atoms with Crippen LogP contribution in [0, 0.1) is 0 Å². The van der Waals surface area contributed by atoms with E-state index in [0.717, 1.165) is 28.8 Å². The van der Waals surface area contributed by atoms with Gasteiger partial charge in [-0.15, -0.1) is 0 Å². The highest BCUT2D eigenvalue weighted by Crippen LogP contribution is 2.33. The van der Waals surface area contributed by atoms with Crippen molar-refractivity contribution in [2.45, 2.75) is 13.0 Å². The van der Waals surface area contributed by atoms with Crippen molar-refractivity contribution in [3.8, 4) is 5.75 Å². The first-order valence-electron chi connectivity index (χ1n) is 5.32.